The van der Waals surface area contributed by atoms with Crippen LogP contribution in [0.25, 0.3) is 11.4 Å². The van der Waals surface area contributed by atoms with E-state index in [0.29, 0.717) is 18.1 Å². The maximum Gasteiger partial charge on any atom is 0.251 e. The van der Waals surface area contributed by atoms with Crippen LogP contribution in [0.3, 0.4) is 0 Å². The highest BCUT2D eigenvalue weighted by Gasteiger charge is 2.40. The fourth-order valence-corrected chi connectivity index (χ4v) is 3.91. The highest BCUT2D eigenvalue weighted by Crippen LogP contribution is 2.31. The summed E-state index contributed by atoms with van der Waals surface area (Å²) in [5, 5.41) is 5.93. The summed E-state index contributed by atoms with van der Waals surface area (Å²) in [5.41, 5.74) is 6.63. The summed E-state index contributed by atoms with van der Waals surface area (Å²) in [5.74, 6) is 1.64. The number of amides is 1. The zero-order chi connectivity index (χ0) is 21.4. The van der Waals surface area contributed by atoms with Crippen LogP contribution in [0.4, 0.5) is 0 Å². The van der Waals surface area contributed by atoms with Crippen molar-refractivity contribution in [2.45, 2.75) is 32.0 Å². The number of aryl methyl sites for hydroxylation is 1. The molecule has 2 unspecified atom stereocenters. The second kappa shape index (κ2) is 7.88. The van der Waals surface area contributed by atoms with Crippen LogP contribution in [0.15, 0.2) is 65.5 Å². The number of nitrogens with one attached hydrogen (secondary N) is 1. The Morgan fingerprint density at radius 3 is 2.65 bits per heavy atom. The van der Waals surface area contributed by atoms with Gasteiger partial charge in [-0.15, -0.1) is 0 Å². The van der Waals surface area contributed by atoms with E-state index in [0.717, 1.165) is 11.3 Å². The Morgan fingerprint density at radius 2 is 1.90 bits per heavy atom. The van der Waals surface area contributed by atoms with Crippen LogP contribution in [0, 0.1) is 6.92 Å². The number of ether oxygens (including phenoxy) is 1. The van der Waals surface area contributed by atoms with Gasteiger partial charge in [0.25, 0.3) is 5.91 Å². The predicted octanol–water partition coefficient (Wildman–Crippen LogP) is 3.19. The number of benzene rings is 2. The van der Waals surface area contributed by atoms with Crippen molar-refractivity contribution in [2.75, 3.05) is 7.11 Å². The van der Waals surface area contributed by atoms with Crippen molar-refractivity contribution in [3.8, 4) is 17.1 Å². The van der Waals surface area contributed by atoms with Gasteiger partial charge < -0.3 is 19.2 Å². The van der Waals surface area contributed by atoms with Crippen molar-refractivity contribution in [3.05, 3.63) is 77.9 Å². The number of fused-ring (bicyclic) bond motifs is 1. The number of aromatic nitrogens is 2. The first kappa shape index (κ1) is 19.3. The molecule has 2 aliphatic rings. The number of nitrogens with zero attached hydrogens (tertiary/aromatic N) is 4. The first-order valence-electron chi connectivity index (χ1n) is 10.2. The fraction of sp³-hybridized carbons (Fsp3) is 0.261. The number of hydrogen-bond acceptors (Lipinski definition) is 7. The van der Waals surface area contributed by atoms with Gasteiger partial charge in [0.1, 0.15) is 18.3 Å². The molecular formula is C23H23N5O3. The third-order valence-electron chi connectivity index (χ3n) is 5.68. The lowest BCUT2D eigenvalue weighted by molar-refractivity contribution is -0.135. The Hall–Kier alpha value is -3.65. The summed E-state index contributed by atoms with van der Waals surface area (Å²) in [4.78, 5) is 19.2. The van der Waals surface area contributed by atoms with E-state index in [1.54, 1.807) is 18.2 Å². The van der Waals surface area contributed by atoms with Crippen LogP contribution in [0.2, 0.25) is 0 Å². The van der Waals surface area contributed by atoms with E-state index >= 15 is 0 Å². The van der Waals surface area contributed by atoms with E-state index in [4.69, 9.17) is 9.26 Å². The van der Waals surface area contributed by atoms with E-state index in [1.807, 2.05) is 35.5 Å². The summed E-state index contributed by atoms with van der Waals surface area (Å²) >= 11 is 0. The molecule has 1 amide bonds. The van der Waals surface area contributed by atoms with Crippen LogP contribution in [-0.4, -0.2) is 39.1 Å². The van der Waals surface area contributed by atoms with Crippen LogP contribution >= 0.6 is 0 Å². The SMILES string of the molecule is COc1ccc(-c2noc(CN3C=CN4NC(c5ccc(C)cc5)CC4C3=O)n2)cc1. The fourth-order valence-electron chi connectivity index (χ4n) is 3.91. The Labute approximate surface area is 180 Å². The zero-order valence-corrected chi connectivity index (χ0v) is 17.4. The lowest BCUT2D eigenvalue weighted by Gasteiger charge is -2.30. The molecule has 1 N–H and O–H groups in total. The molecule has 1 aromatic heterocycles. The lowest BCUT2D eigenvalue weighted by atomic mass is 10.00. The number of hydrogen-bond donors (Lipinski definition) is 1. The van der Waals surface area contributed by atoms with Gasteiger partial charge in [0.2, 0.25) is 11.7 Å². The Balaban J connectivity index is 1.27. The molecule has 0 spiro atoms. The van der Waals surface area contributed by atoms with Gasteiger partial charge in [0.05, 0.1) is 13.2 Å². The predicted molar refractivity (Wildman–Crippen MR) is 113 cm³/mol. The van der Waals surface area contributed by atoms with Gasteiger partial charge >= 0.3 is 0 Å². The second-order valence-electron chi connectivity index (χ2n) is 7.76. The largest absolute Gasteiger partial charge is 0.497 e. The van der Waals surface area contributed by atoms with Gasteiger partial charge in [-0.1, -0.05) is 35.0 Å². The van der Waals surface area contributed by atoms with E-state index in [1.165, 1.54) is 11.1 Å². The third kappa shape index (κ3) is 3.77. The van der Waals surface area contributed by atoms with Crippen LogP contribution in [0.1, 0.15) is 29.5 Å². The highest BCUT2D eigenvalue weighted by molar-refractivity contribution is 5.84. The van der Waals surface area contributed by atoms with E-state index in [2.05, 4.69) is 46.8 Å². The van der Waals surface area contributed by atoms with Crippen LogP contribution in [-0.2, 0) is 11.3 Å². The molecule has 2 atom stereocenters. The molecule has 1 fully saturated rings. The molecule has 2 aromatic carbocycles. The molecule has 31 heavy (non-hydrogen) atoms. The van der Waals surface area contributed by atoms with E-state index in [-0.39, 0.29) is 24.5 Å². The Bertz CT molecular complexity index is 1110. The summed E-state index contributed by atoms with van der Waals surface area (Å²) in [7, 11) is 1.62. The van der Waals surface area contributed by atoms with Gasteiger partial charge in [0, 0.05) is 18.0 Å². The molecule has 0 aliphatic carbocycles. The molecule has 0 radical (unpaired) electrons. The van der Waals surface area contributed by atoms with Crippen molar-refractivity contribution in [2.24, 2.45) is 0 Å². The van der Waals surface area contributed by atoms with Crippen molar-refractivity contribution in [3.63, 3.8) is 0 Å². The normalized spacial score (nSPS) is 20.3. The van der Waals surface area contributed by atoms with Gasteiger partial charge in [-0.3, -0.25) is 4.79 Å². The van der Waals surface area contributed by atoms with Gasteiger partial charge in [-0.25, -0.2) is 5.43 Å². The summed E-state index contributed by atoms with van der Waals surface area (Å²) < 4.78 is 10.6. The summed E-state index contributed by atoms with van der Waals surface area (Å²) in [6.45, 7) is 2.30. The minimum absolute atomic E-state index is 0.00816. The highest BCUT2D eigenvalue weighted by atomic mass is 16.5. The number of rotatable bonds is 5. The van der Waals surface area contributed by atoms with Crippen molar-refractivity contribution in [1.29, 1.82) is 0 Å². The molecule has 0 saturated carbocycles. The van der Waals surface area contributed by atoms with Crippen molar-refractivity contribution < 1.29 is 14.1 Å². The molecular weight excluding hydrogens is 394 g/mol. The quantitative estimate of drug-likeness (QED) is 0.683. The lowest BCUT2D eigenvalue weighted by Crippen LogP contribution is -2.47. The monoisotopic (exact) mass is 417 g/mol. The van der Waals surface area contributed by atoms with Crippen LogP contribution in [0.5, 0.6) is 5.75 Å². The van der Waals surface area contributed by atoms with Crippen molar-refractivity contribution >= 4 is 5.91 Å². The molecule has 0 bridgehead atoms. The Kier molecular flexibility index (Phi) is 4.91. The number of hydrazine groups is 1. The maximum absolute atomic E-state index is 13.1. The van der Waals surface area contributed by atoms with Gasteiger partial charge in [-0.05, 0) is 43.2 Å². The molecule has 8 heteroatoms. The molecule has 158 valence electrons. The Morgan fingerprint density at radius 1 is 1.13 bits per heavy atom. The zero-order valence-electron chi connectivity index (χ0n) is 17.4. The summed E-state index contributed by atoms with van der Waals surface area (Å²) in [6, 6.07) is 15.7. The minimum Gasteiger partial charge on any atom is -0.497 e. The van der Waals surface area contributed by atoms with Crippen LogP contribution < -0.4 is 10.2 Å². The topological polar surface area (TPSA) is 83.7 Å². The second-order valence-corrected chi connectivity index (χ2v) is 7.76. The number of carbonyl (C=O) groups is 1. The maximum atomic E-state index is 13.1. The minimum atomic E-state index is -0.264. The molecule has 5 rings (SSSR count). The summed E-state index contributed by atoms with van der Waals surface area (Å²) in [6.07, 6.45) is 4.34. The first-order valence-corrected chi connectivity index (χ1v) is 10.2. The van der Waals surface area contributed by atoms with E-state index in [9.17, 15) is 4.79 Å². The van der Waals surface area contributed by atoms with E-state index < -0.39 is 0 Å². The molecule has 1 saturated heterocycles. The van der Waals surface area contributed by atoms with Gasteiger partial charge in [-0.2, -0.15) is 4.98 Å². The average molecular weight is 417 g/mol. The standard InChI is InChI=1S/C23H23N5O3/c1-15-3-5-16(6-4-15)19-13-20-23(29)27(11-12-28(20)25-19)14-21-24-22(26-31-21)17-7-9-18(30-2)10-8-17/h3-12,19-20,25H,13-14H2,1-2H3. The van der Waals surface area contributed by atoms with Gasteiger partial charge in [0.15, 0.2) is 0 Å². The molecule has 2 aliphatic heterocycles. The molecule has 3 heterocycles. The number of methoxy groups -OCH3 is 1. The number of carbonyl (C=O) groups excluding carboxylic acids is 1. The van der Waals surface area contributed by atoms with Crippen molar-refractivity contribution in [1.82, 2.24) is 25.5 Å². The smallest absolute Gasteiger partial charge is 0.251 e. The molecule has 8 nitrogen and oxygen atoms in total. The average Bonchev–Trinajstić information content (AvgIpc) is 3.44. The third-order valence-corrected chi connectivity index (χ3v) is 5.68. The first-order chi connectivity index (χ1) is 15.1. The molecule has 3 aromatic rings.